The number of aryl methyl sites for hydroxylation is 1. The number of amides is 1. The van der Waals surface area contributed by atoms with Gasteiger partial charge in [0.25, 0.3) is 0 Å². The summed E-state index contributed by atoms with van der Waals surface area (Å²) < 4.78 is 10.8. The summed E-state index contributed by atoms with van der Waals surface area (Å²) >= 11 is 1.37. The SMILES string of the molecule is COc1cc2[nH]c3c(SCC(=O)Nc4cccc(C)c4C)ncnc3c2cc1OC. The van der Waals surface area contributed by atoms with E-state index in [4.69, 9.17) is 9.47 Å². The predicted octanol–water partition coefficient (Wildman–Crippen LogP) is 4.48. The molecule has 0 unspecified atom stereocenters. The van der Waals surface area contributed by atoms with Crippen LogP contribution in [0.2, 0.25) is 0 Å². The van der Waals surface area contributed by atoms with E-state index >= 15 is 0 Å². The maximum Gasteiger partial charge on any atom is 0.234 e. The monoisotopic (exact) mass is 422 g/mol. The third kappa shape index (κ3) is 3.66. The van der Waals surface area contributed by atoms with E-state index in [0.29, 0.717) is 16.5 Å². The third-order valence-corrected chi connectivity index (χ3v) is 6.06. The first-order valence-corrected chi connectivity index (χ1v) is 10.4. The standard InChI is InChI=1S/C22H22N4O3S/c1-12-6-5-7-15(13(12)2)25-19(27)10-30-22-21-20(23-11-24-22)14-8-17(28-3)18(29-4)9-16(14)26-21/h5-9,11,26H,10H2,1-4H3,(H,25,27). The number of rotatable bonds is 6. The summed E-state index contributed by atoms with van der Waals surface area (Å²) in [5, 5.41) is 4.60. The number of carbonyl (C=O) groups excluding carboxylic acids is 1. The minimum absolute atomic E-state index is 0.0834. The zero-order chi connectivity index (χ0) is 21.3. The van der Waals surface area contributed by atoms with Crippen molar-refractivity contribution < 1.29 is 14.3 Å². The summed E-state index contributed by atoms with van der Waals surface area (Å²) in [4.78, 5) is 24.7. The second-order valence-corrected chi connectivity index (χ2v) is 7.83. The average molecular weight is 423 g/mol. The molecule has 8 heteroatoms. The lowest BCUT2D eigenvalue weighted by Crippen LogP contribution is -2.15. The van der Waals surface area contributed by atoms with Crippen molar-refractivity contribution >= 4 is 45.3 Å². The molecule has 4 aromatic rings. The molecule has 2 heterocycles. The van der Waals surface area contributed by atoms with Crippen LogP contribution in [0.3, 0.4) is 0 Å². The number of carbonyl (C=O) groups is 1. The Morgan fingerprint density at radius 1 is 1.13 bits per heavy atom. The van der Waals surface area contributed by atoms with E-state index in [2.05, 4.69) is 20.3 Å². The quantitative estimate of drug-likeness (QED) is 0.352. The molecule has 0 saturated heterocycles. The number of methoxy groups -OCH3 is 2. The summed E-state index contributed by atoms with van der Waals surface area (Å²) in [6.07, 6.45) is 1.51. The van der Waals surface area contributed by atoms with E-state index in [1.807, 2.05) is 44.2 Å². The fourth-order valence-corrected chi connectivity index (χ4v) is 4.07. The van der Waals surface area contributed by atoms with Gasteiger partial charge in [-0.05, 0) is 37.1 Å². The molecule has 0 spiro atoms. The molecule has 30 heavy (non-hydrogen) atoms. The molecular formula is C22H22N4O3S. The molecule has 154 valence electrons. The van der Waals surface area contributed by atoms with Crippen LogP contribution in [-0.2, 0) is 4.79 Å². The summed E-state index contributed by atoms with van der Waals surface area (Å²) in [6.45, 7) is 4.02. The highest BCUT2D eigenvalue weighted by Gasteiger charge is 2.16. The van der Waals surface area contributed by atoms with E-state index in [9.17, 15) is 4.79 Å². The Morgan fingerprint density at radius 3 is 2.67 bits per heavy atom. The third-order valence-electron chi connectivity index (χ3n) is 5.07. The number of benzene rings is 2. The number of thioether (sulfide) groups is 1. The molecular weight excluding hydrogens is 400 g/mol. The van der Waals surface area contributed by atoms with Crippen molar-refractivity contribution in [1.82, 2.24) is 15.0 Å². The van der Waals surface area contributed by atoms with Crippen LogP contribution >= 0.6 is 11.8 Å². The van der Waals surface area contributed by atoms with Gasteiger partial charge in [0, 0.05) is 17.1 Å². The predicted molar refractivity (Wildman–Crippen MR) is 120 cm³/mol. The van der Waals surface area contributed by atoms with Crippen LogP contribution in [0.15, 0.2) is 41.7 Å². The molecule has 0 atom stereocenters. The van der Waals surface area contributed by atoms with Crippen molar-refractivity contribution in [2.75, 3.05) is 25.3 Å². The van der Waals surface area contributed by atoms with Crippen LogP contribution in [0.25, 0.3) is 21.9 Å². The molecule has 2 N–H and O–H groups in total. The van der Waals surface area contributed by atoms with Gasteiger partial charge in [0.05, 0.1) is 31.0 Å². The van der Waals surface area contributed by atoms with Crippen molar-refractivity contribution in [3.63, 3.8) is 0 Å². The first kappa shape index (κ1) is 20.0. The number of fused-ring (bicyclic) bond motifs is 3. The van der Waals surface area contributed by atoms with Gasteiger partial charge in [0.2, 0.25) is 5.91 Å². The number of ether oxygens (including phenoxy) is 2. The summed E-state index contributed by atoms with van der Waals surface area (Å²) in [5.41, 5.74) is 5.47. The average Bonchev–Trinajstić information content (AvgIpc) is 3.12. The minimum Gasteiger partial charge on any atom is -0.493 e. The maximum absolute atomic E-state index is 12.5. The lowest BCUT2D eigenvalue weighted by Gasteiger charge is -2.10. The Morgan fingerprint density at radius 2 is 1.90 bits per heavy atom. The van der Waals surface area contributed by atoms with E-state index in [0.717, 1.165) is 38.8 Å². The molecule has 0 radical (unpaired) electrons. The second kappa shape index (κ2) is 8.23. The first-order valence-electron chi connectivity index (χ1n) is 9.39. The van der Waals surface area contributed by atoms with Gasteiger partial charge in [-0.2, -0.15) is 0 Å². The normalized spacial score (nSPS) is 11.1. The van der Waals surface area contributed by atoms with E-state index in [1.165, 1.54) is 18.1 Å². The van der Waals surface area contributed by atoms with Crippen molar-refractivity contribution in [3.05, 3.63) is 47.8 Å². The molecule has 0 aliphatic carbocycles. The molecule has 2 aromatic carbocycles. The van der Waals surface area contributed by atoms with Crippen molar-refractivity contribution in [1.29, 1.82) is 0 Å². The molecule has 2 aromatic heterocycles. The number of aromatic amines is 1. The molecule has 7 nitrogen and oxygen atoms in total. The number of H-pyrrole nitrogens is 1. The number of anilines is 1. The number of nitrogens with one attached hydrogen (secondary N) is 2. The second-order valence-electron chi connectivity index (χ2n) is 6.86. The molecule has 1 amide bonds. The summed E-state index contributed by atoms with van der Waals surface area (Å²) in [5.74, 6) is 1.42. The summed E-state index contributed by atoms with van der Waals surface area (Å²) in [7, 11) is 3.20. The number of nitrogens with zero attached hydrogens (tertiary/aromatic N) is 2. The van der Waals surface area contributed by atoms with Gasteiger partial charge in [0.15, 0.2) is 11.5 Å². The topological polar surface area (TPSA) is 89.1 Å². The van der Waals surface area contributed by atoms with Crippen LogP contribution in [-0.4, -0.2) is 40.8 Å². The Bertz CT molecular complexity index is 1250. The van der Waals surface area contributed by atoms with Crippen LogP contribution in [0.1, 0.15) is 11.1 Å². The van der Waals surface area contributed by atoms with Gasteiger partial charge in [-0.15, -0.1) is 0 Å². The van der Waals surface area contributed by atoms with E-state index in [1.54, 1.807) is 14.2 Å². The Labute approximate surface area is 178 Å². The van der Waals surface area contributed by atoms with Gasteiger partial charge >= 0.3 is 0 Å². The summed E-state index contributed by atoms with van der Waals surface area (Å²) in [6, 6.07) is 9.63. The molecule has 0 aliphatic heterocycles. The van der Waals surface area contributed by atoms with Gasteiger partial charge < -0.3 is 19.8 Å². The van der Waals surface area contributed by atoms with Crippen LogP contribution < -0.4 is 14.8 Å². The highest BCUT2D eigenvalue weighted by Crippen LogP contribution is 2.36. The van der Waals surface area contributed by atoms with Crippen LogP contribution in [0.4, 0.5) is 5.69 Å². The van der Waals surface area contributed by atoms with Crippen LogP contribution in [0, 0.1) is 13.8 Å². The number of hydrogen-bond donors (Lipinski definition) is 2. The lowest BCUT2D eigenvalue weighted by molar-refractivity contribution is -0.113. The van der Waals surface area contributed by atoms with Gasteiger partial charge in [-0.1, -0.05) is 23.9 Å². The fourth-order valence-electron chi connectivity index (χ4n) is 3.32. The number of hydrogen-bond acceptors (Lipinski definition) is 6. The Balaban J connectivity index is 1.60. The molecule has 0 saturated carbocycles. The lowest BCUT2D eigenvalue weighted by atomic mass is 10.1. The highest BCUT2D eigenvalue weighted by molar-refractivity contribution is 8.00. The van der Waals surface area contributed by atoms with Crippen molar-refractivity contribution in [2.24, 2.45) is 0 Å². The number of aromatic nitrogens is 3. The molecule has 0 bridgehead atoms. The Kier molecular flexibility index (Phi) is 5.50. The first-order chi connectivity index (χ1) is 14.5. The molecule has 0 fully saturated rings. The van der Waals surface area contributed by atoms with E-state index < -0.39 is 0 Å². The van der Waals surface area contributed by atoms with Crippen molar-refractivity contribution in [2.45, 2.75) is 18.9 Å². The Hall–Kier alpha value is -3.26. The molecule has 4 rings (SSSR count). The smallest absolute Gasteiger partial charge is 0.234 e. The maximum atomic E-state index is 12.5. The van der Waals surface area contributed by atoms with E-state index in [-0.39, 0.29) is 11.7 Å². The minimum atomic E-state index is -0.0834. The van der Waals surface area contributed by atoms with Crippen molar-refractivity contribution in [3.8, 4) is 11.5 Å². The van der Waals surface area contributed by atoms with Gasteiger partial charge in [-0.3, -0.25) is 4.79 Å². The largest absolute Gasteiger partial charge is 0.493 e. The van der Waals surface area contributed by atoms with Gasteiger partial charge in [-0.25, -0.2) is 9.97 Å². The zero-order valence-corrected chi connectivity index (χ0v) is 18.0. The van der Waals surface area contributed by atoms with Gasteiger partial charge in [0.1, 0.15) is 16.9 Å². The highest BCUT2D eigenvalue weighted by atomic mass is 32.2. The van der Waals surface area contributed by atoms with Crippen LogP contribution in [0.5, 0.6) is 11.5 Å². The fraction of sp³-hybridized carbons (Fsp3) is 0.227. The molecule has 0 aliphatic rings. The zero-order valence-electron chi connectivity index (χ0n) is 17.2.